The third-order valence-electron chi connectivity index (χ3n) is 3.14. The van der Waals surface area contributed by atoms with Crippen molar-refractivity contribution in [3.8, 4) is 0 Å². The summed E-state index contributed by atoms with van der Waals surface area (Å²) < 4.78 is 0. The standard InChI is InChI=1S/C13H15BrO/c1-8-4-5-10-9(6-8)12(15)11(14)7-13(10,2)3/h4-6,11H,7H2,1-3H3. The topological polar surface area (TPSA) is 17.1 Å². The molecule has 0 aromatic heterocycles. The fraction of sp³-hybridized carbons (Fsp3) is 0.462. The van der Waals surface area contributed by atoms with Gasteiger partial charge in [-0.05, 0) is 30.4 Å². The molecule has 0 saturated carbocycles. The number of alkyl halides is 1. The van der Waals surface area contributed by atoms with E-state index in [1.807, 2.05) is 13.0 Å². The van der Waals surface area contributed by atoms with Crippen LogP contribution in [0.4, 0.5) is 0 Å². The van der Waals surface area contributed by atoms with Crippen LogP contribution in [0.25, 0.3) is 0 Å². The number of carbonyl (C=O) groups excluding carboxylic acids is 1. The molecule has 1 nitrogen and oxygen atoms in total. The maximum Gasteiger partial charge on any atom is 0.176 e. The first-order valence-electron chi connectivity index (χ1n) is 5.21. The first kappa shape index (κ1) is 10.9. The maximum atomic E-state index is 12.0. The summed E-state index contributed by atoms with van der Waals surface area (Å²) in [6.07, 6.45) is 0.877. The van der Waals surface area contributed by atoms with Crippen molar-refractivity contribution in [2.45, 2.75) is 37.4 Å². The molecule has 0 bridgehead atoms. The van der Waals surface area contributed by atoms with Gasteiger partial charge in [-0.3, -0.25) is 4.79 Å². The molecule has 0 radical (unpaired) electrons. The van der Waals surface area contributed by atoms with Gasteiger partial charge in [0, 0.05) is 5.56 Å². The smallest absolute Gasteiger partial charge is 0.176 e. The second-order valence-corrected chi connectivity index (χ2v) is 6.07. The van der Waals surface area contributed by atoms with Crippen LogP contribution in [0.1, 0.15) is 41.8 Å². The Hall–Kier alpha value is -0.630. The maximum absolute atomic E-state index is 12.0. The Kier molecular flexibility index (Phi) is 2.50. The van der Waals surface area contributed by atoms with Crippen LogP contribution in [0.5, 0.6) is 0 Å². The predicted molar refractivity (Wildman–Crippen MR) is 65.9 cm³/mol. The lowest BCUT2D eigenvalue weighted by Gasteiger charge is -2.34. The van der Waals surface area contributed by atoms with E-state index in [2.05, 4.69) is 41.9 Å². The van der Waals surface area contributed by atoms with Crippen molar-refractivity contribution < 1.29 is 4.79 Å². The predicted octanol–water partition coefficient (Wildman–Crippen LogP) is 3.62. The fourth-order valence-corrected chi connectivity index (χ4v) is 3.33. The van der Waals surface area contributed by atoms with E-state index in [1.54, 1.807) is 0 Å². The van der Waals surface area contributed by atoms with E-state index in [0.29, 0.717) is 0 Å². The molecule has 0 spiro atoms. The molecule has 1 aromatic carbocycles. The van der Waals surface area contributed by atoms with Crippen molar-refractivity contribution in [3.63, 3.8) is 0 Å². The summed E-state index contributed by atoms with van der Waals surface area (Å²) in [5.41, 5.74) is 3.33. The number of aryl methyl sites for hydroxylation is 1. The Morgan fingerprint density at radius 1 is 1.40 bits per heavy atom. The van der Waals surface area contributed by atoms with Crippen molar-refractivity contribution in [2.75, 3.05) is 0 Å². The highest BCUT2D eigenvalue weighted by Gasteiger charge is 2.36. The van der Waals surface area contributed by atoms with E-state index in [9.17, 15) is 4.79 Å². The Labute approximate surface area is 99.0 Å². The molecule has 0 heterocycles. The van der Waals surface area contributed by atoms with Crippen LogP contribution in [-0.4, -0.2) is 10.6 Å². The van der Waals surface area contributed by atoms with Crippen molar-refractivity contribution in [2.24, 2.45) is 0 Å². The molecule has 1 unspecified atom stereocenters. The molecule has 2 rings (SSSR count). The molecular weight excluding hydrogens is 252 g/mol. The Morgan fingerprint density at radius 2 is 2.07 bits per heavy atom. The Bertz CT molecular complexity index is 421. The van der Waals surface area contributed by atoms with Crippen molar-refractivity contribution in [1.82, 2.24) is 0 Å². The lowest BCUT2D eigenvalue weighted by molar-refractivity contribution is 0.0967. The highest BCUT2D eigenvalue weighted by molar-refractivity contribution is 9.10. The monoisotopic (exact) mass is 266 g/mol. The highest BCUT2D eigenvalue weighted by Crippen LogP contribution is 2.39. The minimum absolute atomic E-state index is 0.0261. The highest BCUT2D eigenvalue weighted by atomic mass is 79.9. The number of carbonyl (C=O) groups is 1. The van der Waals surface area contributed by atoms with Gasteiger partial charge in [-0.15, -0.1) is 0 Å². The van der Waals surface area contributed by atoms with Crippen LogP contribution in [0.15, 0.2) is 18.2 Å². The summed E-state index contributed by atoms with van der Waals surface area (Å²) in [4.78, 5) is 12.0. The lowest BCUT2D eigenvalue weighted by atomic mass is 9.72. The summed E-state index contributed by atoms with van der Waals surface area (Å²) >= 11 is 3.47. The first-order chi connectivity index (χ1) is 6.92. The average Bonchev–Trinajstić information content (AvgIpc) is 2.13. The lowest BCUT2D eigenvalue weighted by Crippen LogP contribution is -2.34. The van der Waals surface area contributed by atoms with E-state index in [4.69, 9.17) is 0 Å². The quantitative estimate of drug-likeness (QED) is 0.656. The number of Topliss-reactive ketones (excluding diaryl/α,β-unsaturated/α-hetero) is 1. The molecule has 2 heteroatoms. The molecule has 0 aliphatic heterocycles. The van der Waals surface area contributed by atoms with Gasteiger partial charge in [0.25, 0.3) is 0 Å². The number of fused-ring (bicyclic) bond motifs is 1. The van der Waals surface area contributed by atoms with Gasteiger partial charge in [-0.2, -0.15) is 0 Å². The van der Waals surface area contributed by atoms with E-state index in [1.165, 1.54) is 5.56 Å². The van der Waals surface area contributed by atoms with Gasteiger partial charge >= 0.3 is 0 Å². The molecular formula is C13H15BrO. The zero-order valence-corrected chi connectivity index (χ0v) is 10.9. The van der Waals surface area contributed by atoms with Crippen molar-refractivity contribution in [3.05, 3.63) is 34.9 Å². The molecule has 1 atom stereocenters. The molecule has 80 valence electrons. The van der Waals surface area contributed by atoms with Gasteiger partial charge in [0.15, 0.2) is 5.78 Å². The zero-order valence-electron chi connectivity index (χ0n) is 9.30. The SMILES string of the molecule is Cc1ccc2c(c1)C(=O)C(Br)CC2(C)C. The second-order valence-electron chi connectivity index (χ2n) is 4.97. The van der Waals surface area contributed by atoms with E-state index in [-0.39, 0.29) is 16.0 Å². The van der Waals surface area contributed by atoms with Gasteiger partial charge in [-0.1, -0.05) is 47.5 Å². The molecule has 1 aromatic rings. The Balaban J connectivity index is 2.64. The zero-order chi connectivity index (χ0) is 11.2. The second kappa shape index (κ2) is 3.44. The Morgan fingerprint density at radius 3 is 2.73 bits per heavy atom. The van der Waals surface area contributed by atoms with Crippen LogP contribution in [-0.2, 0) is 5.41 Å². The summed E-state index contributed by atoms with van der Waals surface area (Å²) in [6.45, 7) is 6.42. The van der Waals surface area contributed by atoms with Gasteiger partial charge in [-0.25, -0.2) is 0 Å². The molecule has 0 N–H and O–H groups in total. The number of halogens is 1. The van der Waals surface area contributed by atoms with Crippen LogP contribution in [0.2, 0.25) is 0 Å². The number of benzene rings is 1. The van der Waals surface area contributed by atoms with Crippen LogP contribution in [0, 0.1) is 6.92 Å². The van der Waals surface area contributed by atoms with Gasteiger partial charge < -0.3 is 0 Å². The summed E-state index contributed by atoms with van der Waals surface area (Å²) in [6, 6.07) is 6.19. The van der Waals surface area contributed by atoms with Crippen LogP contribution in [0.3, 0.4) is 0 Å². The minimum atomic E-state index is -0.0261. The van der Waals surface area contributed by atoms with E-state index >= 15 is 0 Å². The molecule has 0 saturated heterocycles. The average molecular weight is 267 g/mol. The van der Waals surface area contributed by atoms with E-state index in [0.717, 1.165) is 17.5 Å². The first-order valence-corrected chi connectivity index (χ1v) is 6.13. The minimum Gasteiger partial charge on any atom is -0.293 e. The van der Waals surface area contributed by atoms with Crippen LogP contribution < -0.4 is 0 Å². The van der Waals surface area contributed by atoms with Crippen LogP contribution >= 0.6 is 15.9 Å². The van der Waals surface area contributed by atoms with Crippen molar-refractivity contribution in [1.29, 1.82) is 0 Å². The van der Waals surface area contributed by atoms with Crippen molar-refractivity contribution >= 4 is 21.7 Å². The fourth-order valence-electron chi connectivity index (χ4n) is 2.27. The number of hydrogen-bond acceptors (Lipinski definition) is 1. The summed E-state index contributed by atoms with van der Waals surface area (Å²) in [5.74, 6) is 0.230. The summed E-state index contributed by atoms with van der Waals surface area (Å²) in [7, 11) is 0. The van der Waals surface area contributed by atoms with E-state index < -0.39 is 0 Å². The number of rotatable bonds is 0. The molecule has 15 heavy (non-hydrogen) atoms. The largest absolute Gasteiger partial charge is 0.293 e. The third kappa shape index (κ3) is 1.76. The van der Waals surface area contributed by atoms with Gasteiger partial charge in [0.05, 0.1) is 4.83 Å². The summed E-state index contributed by atoms with van der Waals surface area (Å²) in [5, 5.41) is 0. The normalized spacial score (nSPS) is 23.7. The number of hydrogen-bond donors (Lipinski definition) is 0. The van der Waals surface area contributed by atoms with Gasteiger partial charge in [0.1, 0.15) is 0 Å². The molecule has 0 amide bonds. The van der Waals surface area contributed by atoms with Gasteiger partial charge in [0.2, 0.25) is 0 Å². The molecule has 1 aliphatic rings. The molecule has 1 aliphatic carbocycles. The number of ketones is 1. The third-order valence-corrected chi connectivity index (χ3v) is 3.88. The molecule has 0 fully saturated rings.